The topological polar surface area (TPSA) is 79.7 Å². The molecular formula is C29H42N6O. The second kappa shape index (κ2) is 11.7. The first-order valence-electron chi connectivity index (χ1n) is 14.4. The molecule has 0 bridgehead atoms. The van der Waals surface area contributed by atoms with E-state index in [1.54, 1.807) is 0 Å². The van der Waals surface area contributed by atoms with Crippen LogP contribution in [-0.2, 0) is 13.0 Å². The summed E-state index contributed by atoms with van der Waals surface area (Å²) >= 11 is 0. The number of nitrogens with one attached hydrogen (secondary N) is 1. The van der Waals surface area contributed by atoms with Gasteiger partial charge in [-0.15, -0.1) is 5.10 Å². The number of pyridine rings is 1. The van der Waals surface area contributed by atoms with E-state index >= 15 is 0 Å². The highest BCUT2D eigenvalue weighted by Gasteiger charge is 2.34. The molecule has 0 amide bonds. The molecule has 3 aromatic rings. The highest BCUT2D eigenvalue weighted by molar-refractivity contribution is 5.79. The van der Waals surface area contributed by atoms with Crippen molar-refractivity contribution in [2.45, 2.75) is 122 Å². The number of aromatic nitrogens is 5. The molecule has 2 heterocycles. The minimum Gasteiger partial charge on any atom is -0.322 e. The molecule has 0 spiro atoms. The Morgan fingerprint density at radius 2 is 1.78 bits per heavy atom. The molecule has 7 nitrogen and oxygen atoms in total. The predicted molar refractivity (Wildman–Crippen MR) is 144 cm³/mol. The zero-order chi connectivity index (χ0) is 24.9. The molecule has 2 saturated carbocycles. The van der Waals surface area contributed by atoms with E-state index in [4.69, 9.17) is 0 Å². The lowest BCUT2D eigenvalue weighted by molar-refractivity contribution is 0.0789. The second-order valence-electron chi connectivity index (χ2n) is 10.9. The molecule has 2 aromatic heterocycles. The molecule has 194 valence electrons. The minimum absolute atomic E-state index is 0.0229. The van der Waals surface area contributed by atoms with Crippen LogP contribution in [0.4, 0.5) is 0 Å². The SMILES string of the molecule is CCCC(c1nnnn1C1CCCCC1)N(Cc1cc2cc(CC)ccc2[nH]c1=O)C1CCCCC1. The average molecular weight is 491 g/mol. The van der Waals surface area contributed by atoms with Crippen molar-refractivity contribution in [1.29, 1.82) is 0 Å². The number of aromatic amines is 1. The standard InChI is InChI=1S/C29H42N6O/c1-3-11-27(28-31-32-33-35(28)25-14-9-6-10-15-25)34(24-12-7-5-8-13-24)20-23-19-22-18-21(4-2)16-17-26(22)30-29(23)36/h16-19,24-25,27H,3-15,20H2,1-2H3,(H,30,36). The van der Waals surface area contributed by atoms with Gasteiger partial charge in [0.25, 0.3) is 5.56 Å². The van der Waals surface area contributed by atoms with Crippen LogP contribution in [0.5, 0.6) is 0 Å². The fraction of sp³-hybridized carbons (Fsp3) is 0.655. The molecule has 2 aliphatic rings. The molecule has 0 radical (unpaired) electrons. The molecule has 2 aliphatic carbocycles. The van der Waals surface area contributed by atoms with Crippen molar-refractivity contribution in [1.82, 2.24) is 30.1 Å². The van der Waals surface area contributed by atoms with Gasteiger partial charge in [0.15, 0.2) is 5.82 Å². The molecule has 0 aliphatic heterocycles. The van der Waals surface area contributed by atoms with Crippen molar-refractivity contribution in [3.05, 3.63) is 51.6 Å². The summed E-state index contributed by atoms with van der Waals surface area (Å²) < 4.78 is 2.15. The average Bonchev–Trinajstić information content (AvgIpc) is 3.41. The third kappa shape index (κ3) is 5.41. The third-order valence-corrected chi connectivity index (χ3v) is 8.49. The lowest BCUT2D eigenvalue weighted by Crippen LogP contribution is -2.41. The summed E-state index contributed by atoms with van der Waals surface area (Å²) in [5, 5.41) is 14.5. The van der Waals surface area contributed by atoms with Gasteiger partial charge in [0.1, 0.15) is 0 Å². The molecule has 1 N–H and O–H groups in total. The molecule has 2 fully saturated rings. The van der Waals surface area contributed by atoms with E-state index in [0.717, 1.165) is 54.4 Å². The first-order chi connectivity index (χ1) is 17.7. The zero-order valence-corrected chi connectivity index (χ0v) is 22.1. The summed E-state index contributed by atoms with van der Waals surface area (Å²) in [5.74, 6) is 1.000. The Bertz CT molecular complexity index is 1190. The highest BCUT2D eigenvalue weighted by Crippen LogP contribution is 2.36. The smallest absolute Gasteiger partial charge is 0.252 e. The number of hydrogen-bond donors (Lipinski definition) is 1. The van der Waals surface area contributed by atoms with E-state index in [1.807, 2.05) is 6.07 Å². The van der Waals surface area contributed by atoms with Gasteiger partial charge in [-0.3, -0.25) is 9.69 Å². The maximum atomic E-state index is 13.3. The quantitative estimate of drug-likeness (QED) is 0.383. The summed E-state index contributed by atoms with van der Waals surface area (Å²) in [6.45, 7) is 5.05. The van der Waals surface area contributed by atoms with Crippen LogP contribution < -0.4 is 5.56 Å². The maximum Gasteiger partial charge on any atom is 0.252 e. The maximum absolute atomic E-state index is 13.3. The normalized spacial score (nSPS) is 18.8. The third-order valence-electron chi connectivity index (χ3n) is 8.49. The molecular weight excluding hydrogens is 448 g/mol. The van der Waals surface area contributed by atoms with E-state index in [-0.39, 0.29) is 11.6 Å². The van der Waals surface area contributed by atoms with Gasteiger partial charge in [0.2, 0.25) is 0 Å². The van der Waals surface area contributed by atoms with E-state index in [1.165, 1.54) is 56.9 Å². The number of tetrazole rings is 1. The van der Waals surface area contributed by atoms with Gasteiger partial charge in [0, 0.05) is 23.7 Å². The Morgan fingerprint density at radius 1 is 1.03 bits per heavy atom. The number of fused-ring (bicyclic) bond motifs is 1. The molecule has 0 saturated heterocycles. The van der Waals surface area contributed by atoms with Gasteiger partial charge in [-0.2, -0.15) is 0 Å². The van der Waals surface area contributed by atoms with Crippen LogP contribution in [0, 0.1) is 0 Å². The fourth-order valence-corrected chi connectivity index (χ4v) is 6.46. The first kappa shape index (κ1) is 25.1. The molecule has 1 atom stereocenters. The van der Waals surface area contributed by atoms with Crippen molar-refractivity contribution in [3.63, 3.8) is 0 Å². The monoisotopic (exact) mass is 490 g/mol. The van der Waals surface area contributed by atoms with Crippen molar-refractivity contribution < 1.29 is 0 Å². The molecule has 36 heavy (non-hydrogen) atoms. The highest BCUT2D eigenvalue weighted by atomic mass is 16.1. The van der Waals surface area contributed by atoms with E-state index < -0.39 is 0 Å². The van der Waals surface area contributed by atoms with Crippen LogP contribution in [0.15, 0.2) is 29.1 Å². The van der Waals surface area contributed by atoms with Crippen molar-refractivity contribution in [2.24, 2.45) is 0 Å². The minimum atomic E-state index is 0.0229. The van der Waals surface area contributed by atoms with Crippen LogP contribution in [-0.4, -0.2) is 36.1 Å². The predicted octanol–water partition coefficient (Wildman–Crippen LogP) is 6.26. The summed E-state index contributed by atoms with van der Waals surface area (Å²) in [6, 6.07) is 9.44. The van der Waals surface area contributed by atoms with Crippen LogP contribution >= 0.6 is 0 Å². The molecule has 1 unspecified atom stereocenters. The van der Waals surface area contributed by atoms with Crippen LogP contribution in [0.1, 0.15) is 120 Å². The second-order valence-corrected chi connectivity index (χ2v) is 10.9. The number of hydrogen-bond acceptors (Lipinski definition) is 5. The number of aryl methyl sites for hydroxylation is 1. The Kier molecular flexibility index (Phi) is 8.15. The van der Waals surface area contributed by atoms with Gasteiger partial charge < -0.3 is 4.98 Å². The lowest BCUT2D eigenvalue weighted by atomic mass is 9.91. The molecule has 7 heteroatoms. The summed E-state index contributed by atoms with van der Waals surface area (Å²) in [4.78, 5) is 19.0. The van der Waals surface area contributed by atoms with E-state index in [2.05, 4.69) is 62.1 Å². The lowest BCUT2D eigenvalue weighted by Gasteiger charge is -2.40. The van der Waals surface area contributed by atoms with Crippen molar-refractivity contribution in [3.8, 4) is 0 Å². The fourth-order valence-electron chi connectivity index (χ4n) is 6.46. The Morgan fingerprint density at radius 3 is 2.50 bits per heavy atom. The van der Waals surface area contributed by atoms with Gasteiger partial charge >= 0.3 is 0 Å². The van der Waals surface area contributed by atoms with Crippen LogP contribution in [0.2, 0.25) is 0 Å². The Balaban J connectivity index is 1.53. The number of H-pyrrole nitrogens is 1. The van der Waals surface area contributed by atoms with Crippen LogP contribution in [0.3, 0.4) is 0 Å². The van der Waals surface area contributed by atoms with Gasteiger partial charge in [-0.25, -0.2) is 4.68 Å². The number of nitrogens with zero attached hydrogens (tertiary/aromatic N) is 5. The molecule has 5 rings (SSSR count). The van der Waals surface area contributed by atoms with Crippen molar-refractivity contribution in [2.75, 3.05) is 0 Å². The zero-order valence-electron chi connectivity index (χ0n) is 22.1. The molecule has 1 aromatic carbocycles. The van der Waals surface area contributed by atoms with Crippen molar-refractivity contribution >= 4 is 10.9 Å². The number of benzene rings is 1. The van der Waals surface area contributed by atoms with Crippen LogP contribution in [0.25, 0.3) is 10.9 Å². The van der Waals surface area contributed by atoms with E-state index in [9.17, 15) is 4.79 Å². The van der Waals surface area contributed by atoms with Gasteiger partial charge in [-0.05, 0) is 78.1 Å². The largest absolute Gasteiger partial charge is 0.322 e. The summed E-state index contributed by atoms with van der Waals surface area (Å²) in [6.07, 6.45) is 15.3. The number of rotatable bonds is 9. The van der Waals surface area contributed by atoms with Gasteiger partial charge in [0.05, 0.1) is 12.1 Å². The first-order valence-corrected chi connectivity index (χ1v) is 14.4. The Labute approximate surface area is 214 Å². The summed E-state index contributed by atoms with van der Waals surface area (Å²) in [5.41, 5.74) is 3.07. The summed E-state index contributed by atoms with van der Waals surface area (Å²) in [7, 11) is 0. The van der Waals surface area contributed by atoms with E-state index in [0.29, 0.717) is 18.6 Å². The van der Waals surface area contributed by atoms with Gasteiger partial charge in [-0.1, -0.05) is 64.9 Å². The Hall–Kier alpha value is -2.54.